The summed E-state index contributed by atoms with van der Waals surface area (Å²) in [6.07, 6.45) is 7.33. The number of rotatable bonds is 13. The predicted molar refractivity (Wildman–Crippen MR) is 173 cm³/mol. The molecule has 1 atom stereocenters. The number of carbonyl (C=O) groups excluding carboxylic acids is 1. The van der Waals surface area contributed by atoms with Gasteiger partial charge in [-0.05, 0) is 83.9 Å². The van der Waals surface area contributed by atoms with Crippen molar-refractivity contribution in [2.75, 3.05) is 39.8 Å². The summed E-state index contributed by atoms with van der Waals surface area (Å²) in [6, 6.07) is 16.4. The van der Waals surface area contributed by atoms with Gasteiger partial charge in [-0.1, -0.05) is 24.1 Å². The Hall–Kier alpha value is -3.47. The maximum absolute atomic E-state index is 13.2. The van der Waals surface area contributed by atoms with Crippen molar-refractivity contribution in [3.63, 3.8) is 0 Å². The number of nitrogens with zero attached hydrogens (tertiary/aromatic N) is 4. The number of piperidine rings is 1. The molecule has 0 spiro atoms. The zero-order valence-electron chi connectivity index (χ0n) is 24.5. The van der Waals surface area contributed by atoms with Gasteiger partial charge in [0.1, 0.15) is 6.61 Å². The van der Waals surface area contributed by atoms with E-state index in [-0.39, 0.29) is 48.1 Å². The third-order valence-electron chi connectivity index (χ3n) is 7.74. The smallest absolute Gasteiger partial charge is 0.411 e. The van der Waals surface area contributed by atoms with Crippen LogP contribution >= 0.6 is 23.7 Å². The molecule has 0 saturated carbocycles. The minimum atomic E-state index is -3.60. The average molecular weight is 661 g/mol. The number of sulfonamides is 1. The van der Waals surface area contributed by atoms with E-state index in [1.165, 1.54) is 16.4 Å². The molecular weight excluding hydrogens is 624 g/mol. The zero-order chi connectivity index (χ0) is 30.8. The van der Waals surface area contributed by atoms with Crippen molar-refractivity contribution in [1.29, 1.82) is 0 Å². The monoisotopic (exact) mass is 660 g/mol. The number of nitro benzene ring substituents is 1. The van der Waals surface area contributed by atoms with Gasteiger partial charge in [0, 0.05) is 44.9 Å². The fraction of sp³-hybridized carbons (Fsp3) is 0.387. The molecule has 3 aromatic rings. The number of carbonyl (C=O) groups is 1. The van der Waals surface area contributed by atoms with Gasteiger partial charge < -0.3 is 9.64 Å². The topological polar surface area (TPSA) is 113 Å². The molecule has 1 aliphatic rings. The number of hydrogen-bond donors (Lipinski definition) is 0. The molecule has 0 radical (unpaired) electrons. The maximum Gasteiger partial charge on any atom is 0.411 e. The Morgan fingerprint density at radius 3 is 2.43 bits per heavy atom. The quantitative estimate of drug-likeness (QED) is 0.133. The second kappa shape index (κ2) is 16.6. The van der Waals surface area contributed by atoms with Gasteiger partial charge >= 0.3 is 6.09 Å². The Morgan fingerprint density at radius 2 is 1.84 bits per heavy atom. The van der Waals surface area contributed by atoms with Crippen molar-refractivity contribution in [3.05, 3.63) is 92.7 Å². The largest absolute Gasteiger partial charge is 0.445 e. The molecule has 13 heteroatoms. The standard InChI is InChI=1S/C31H36N4O6S2.ClH/c1-3-17-34(31(36)41-23-25-9-11-29(12-10-25)35(37)38)28-14-19-33(20-15-28)18-13-26(27-16-21-42-24-27)22-32(2)43(39,40)30-7-5-4-6-8-30;/h1,4-12,16,21,24,26,28H,13-15,17-20,22-23H2,2H3;1H. The number of hydrogen-bond acceptors (Lipinski definition) is 8. The molecule has 44 heavy (non-hydrogen) atoms. The molecule has 2 heterocycles. The van der Waals surface area contributed by atoms with Gasteiger partial charge in [0.15, 0.2) is 0 Å². The first-order chi connectivity index (χ1) is 20.7. The molecule has 1 amide bonds. The molecule has 1 aromatic heterocycles. The number of likely N-dealkylation sites (N-methyl/N-ethyl adjacent to an activating group) is 1. The molecule has 10 nitrogen and oxygen atoms in total. The number of ether oxygens (including phenoxy) is 1. The van der Waals surface area contributed by atoms with Gasteiger partial charge in [-0.15, -0.1) is 18.8 Å². The molecule has 0 N–H and O–H groups in total. The second-order valence-electron chi connectivity index (χ2n) is 10.5. The maximum atomic E-state index is 13.2. The third kappa shape index (κ3) is 9.27. The molecule has 1 fully saturated rings. The zero-order valence-corrected chi connectivity index (χ0v) is 26.9. The molecule has 4 rings (SSSR count). The minimum Gasteiger partial charge on any atom is -0.445 e. The van der Waals surface area contributed by atoms with Gasteiger partial charge in [0.25, 0.3) is 5.69 Å². The lowest BCUT2D eigenvalue weighted by molar-refractivity contribution is -0.384. The number of amides is 1. The van der Waals surface area contributed by atoms with Gasteiger partial charge in [-0.25, -0.2) is 17.5 Å². The highest BCUT2D eigenvalue weighted by atomic mass is 35.5. The van der Waals surface area contributed by atoms with E-state index in [0.29, 0.717) is 12.1 Å². The highest BCUT2D eigenvalue weighted by Gasteiger charge is 2.30. The van der Waals surface area contributed by atoms with Crippen molar-refractivity contribution in [2.45, 2.75) is 42.7 Å². The fourth-order valence-corrected chi connectivity index (χ4v) is 7.21. The summed E-state index contributed by atoms with van der Waals surface area (Å²) in [5, 5.41) is 15.0. The number of benzene rings is 2. The fourth-order valence-electron chi connectivity index (χ4n) is 5.23. The number of likely N-dealkylation sites (tertiary alicyclic amines) is 1. The molecule has 1 saturated heterocycles. The van der Waals surface area contributed by atoms with E-state index in [4.69, 9.17) is 11.2 Å². The van der Waals surface area contributed by atoms with Crippen LogP contribution in [0.25, 0.3) is 0 Å². The first-order valence-electron chi connectivity index (χ1n) is 14.0. The number of halogens is 1. The lowest BCUT2D eigenvalue weighted by Crippen LogP contribution is -2.48. The highest BCUT2D eigenvalue weighted by molar-refractivity contribution is 7.89. The first-order valence-corrected chi connectivity index (χ1v) is 16.4. The Morgan fingerprint density at radius 1 is 1.16 bits per heavy atom. The van der Waals surface area contributed by atoms with Crippen LogP contribution in [0.3, 0.4) is 0 Å². The van der Waals surface area contributed by atoms with E-state index in [9.17, 15) is 23.3 Å². The van der Waals surface area contributed by atoms with Crippen molar-refractivity contribution in [3.8, 4) is 12.3 Å². The van der Waals surface area contributed by atoms with Crippen LogP contribution in [0.15, 0.2) is 76.3 Å². The summed E-state index contributed by atoms with van der Waals surface area (Å²) in [4.78, 5) is 27.5. The van der Waals surface area contributed by atoms with Crippen LogP contribution in [0, 0.1) is 22.5 Å². The summed E-state index contributed by atoms with van der Waals surface area (Å²) in [7, 11) is -1.96. The molecule has 1 unspecified atom stereocenters. The van der Waals surface area contributed by atoms with Gasteiger partial charge in [0.2, 0.25) is 10.0 Å². The summed E-state index contributed by atoms with van der Waals surface area (Å²) in [5.41, 5.74) is 1.75. The SMILES string of the molecule is C#CCN(C(=O)OCc1ccc([N+](=O)[O-])cc1)C1CCN(CCC(CN(C)S(=O)(=O)c2ccccc2)c2ccsc2)CC1.Cl. The summed E-state index contributed by atoms with van der Waals surface area (Å²) >= 11 is 1.60. The van der Waals surface area contributed by atoms with Crippen molar-refractivity contribution in [1.82, 2.24) is 14.1 Å². The first kappa shape index (κ1) is 35.0. The van der Waals surface area contributed by atoms with Crippen LogP contribution in [0.2, 0.25) is 0 Å². The molecule has 1 aliphatic heterocycles. The number of nitro groups is 1. The van der Waals surface area contributed by atoms with E-state index in [0.717, 1.165) is 44.5 Å². The Balaban J connectivity index is 0.00000529. The van der Waals surface area contributed by atoms with E-state index in [1.54, 1.807) is 65.7 Å². The molecule has 236 valence electrons. The van der Waals surface area contributed by atoms with Crippen LogP contribution in [0.5, 0.6) is 0 Å². The van der Waals surface area contributed by atoms with Crippen LogP contribution in [-0.4, -0.2) is 79.4 Å². The lowest BCUT2D eigenvalue weighted by atomic mass is 9.97. The van der Waals surface area contributed by atoms with E-state index < -0.39 is 21.0 Å². The highest BCUT2D eigenvalue weighted by Crippen LogP contribution is 2.27. The number of non-ortho nitro benzene ring substituents is 1. The van der Waals surface area contributed by atoms with Gasteiger partial charge in [0.05, 0.1) is 16.4 Å². The minimum absolute atomic E-state index is 0. The Bertz CT molecular complexity index is 1490. The van der Waals surface area contributed by atoms with E-state index in [1.807, 2.05) is 5.38 Å². The second-order valence-corrected chi connectivity index (χ2v) is 13.3. The molecule has 0 bridgehead atoms. The number of terminal acetylenes is 1. The van der Waals surface area contributed by atoms with Crippen molar-refractivity contribution >= 4 is 45.5 Å². The normalized spacial score (nSPS) is 14.8. The Kier molecular flexibility index (Phi) is 13.2. The predicted octanol–water partition coefficient (Wildman–Crippen LogP) is 5.61. The summed E-state index contributed by atoms with van der Waals surface area (Å²) in [5.74, 6) is 2.60. The lowest BCUT2D eigenvalue weighted by Gasteiger charge is -2.37. The molecule has 0 aliphatic carbocycles. The average Bonchev–Trinajstić information content (AvgIpc) is 3.56. The van der Waals surface area contributed by atoms with Crippen LogP contribution in [0.1, 0.15) is 36.3 Å². The van der Waals surface area contributed by atoms with Crippen molar-refractivity contribution < 1.29 is 22.9 Å². The van der Waals surface area contributed by atoms with Crippen molar-refractivity contribution in [2.24, 2.45) is 0 Å². The third-order valence-corrected chi connectivity index (χ3v) is 10.3. The van der Waals surface area contributed by atoms with E-state index in [2.05, 4.69) is 22.3 Å². The molecule has 2 aromatic carbocycles. The Labute approximate surface area is 269 Å². The van der Waals surface area contributed by atoms with Crippen LogP contribution < -0.4 is 0 Å². The van der Waals surface area contributed by atoms with Crippen LogP contribution in [0.4, 0.5) is 10.5 Å². The van der Waals surface area contributed by atoms with Gasteiger partial charge in [-0.3, -0.25) is 15.0 Å². The van der Waals surface area contributed by atoms with Gasteiger partial charge in [-0.2, -0.15) is 11.3 Å². The number of thiophene rings is 1. The van der Waals surface area contributed by atoms with Crippen LogP contribution in [-0.2, 0) is 21.4 Å². The summed E-state index contributed by atoms with van der Waals surface area (Å²) < 4.78 is 33.2. The molecular formula is C31H37ClN4O6S2. The summed E-state index contributed by atoms with van der Waals surface area (Å²) in [6.45, 7) is 2.85. The van der Waals surface area contributed by atoms with E-state index >= 15 is 0 Å².